The lowest BCUT2D eigenvalue weighted by molar-refractivity contribution is -0.128. The van der Waals surface area contributed by atoms with E-state index in [1.54, 1.807) is 11.8 Å². The van der Waals surface area contributed by atoms with Gasteiger partial charge in [0.1, 0.15) is 11.5 Å². The number of carbonyl (C=O) groups is 2. The third-order valence-corrected chi connectivity index (χ3v) is 4.84. The summed E-state index contributed by atoms with van der Waals surface area (Å²) in [6, 6.07) is 14.9. The monoisotopic (exact) mass is 408 g/mol. The van der Waals surface area contributed by atoms with Crippen molar-refractivity contribution < 1.29 is 14.0 Å². The maximum Gasteiger partial charge on any atom is 0.270 e. The fraction of sp³-hybridized carbons (Fsp3) is 0.261. The summed E-state index contributed by atoms with van der Waals surface area (Å²) in [5.41, 5.74) is 1.89. The first kappa shape index (κ1) is 21.4. The number of para-hydroxylation sites is 1. The fourth-order valence-electron chi connectivity index (χ4n) is 3.25. The van der Waals surface area contributed by atoms with Crippen molar-refractivity contribution in [3.63, 3.8) is 0 Å². The number of ketones is 1. The van der Waals surface area contributed by atoms with Crippen LogP contribution in [-0.2, 0) is 4.79 Å². The minimum atomic E-state index is -0.369. The minimum absolute atomic E-state index is 0.0689. The number of carbonyl (C=O) groups excluding carboxylic acids is 2. The fourth-order valence-corrected chi connectivity index (χ4v) is 3.25. The van der Waals surface area contributed by atoms with E-state index >= 15 is 0 Å². The predicted octanol–water partition coefficient (Wildman–Crippen LogP) is 3.19. The normalized spacial score (nSPS) is 15.0. The average Bonchev–Trinajstić information content (AvgIpc) is 2.74. The van der Waals surface area contributed by atoms with E-state index in [1.165, 1.54) is 30.3 Å². The van der Waals surface area contributed by atoms with Crippen LogP contribution in [0, 0.1) is 11.2 Å². The molecule has 0 radical (unpaired) electrons. The molecule has 2 aromatic carbocycles. The SMILES string of the molecule is CC(=N)/C=C(\Nc1ccccc1)C(=O)N1CCN(CC(=O)c2ccc(F)cc2)CC1. The van der Waals surface area contributed by atoms with Crippen molar-refractivity contribution in [2.24, 2.45) is 0 Å². The highest BCUT2D eigenvalue weighted by Gasteiger charge is 2.25. The molecule has 156 valence electrons. The van der Waals surface area contributed by atoms with E-state index in [1.807, 2.05) is 35.2 Å². The first-order chi connectivity index (χ1) is 14.4. The highest BCUT2D eigenvalue weighted by molar-refractivity contribution is 6.04. The van der Waals surface area contributed by atoms with E-state index in [4.69, 9.17) is 5.41 Å². The molecular weight excluding hydrogens is 383 g/mol. The lowest BCUT2D eigenvalue weighted by Gasteiger charge is -2.34. The maximum absolute atomic E-state index is 13.0. The molecule has 0 saturated carbocycles. The summed E-state index contributed by atoms with van der Waals surface area (Å²) in [4.78, 5) is 29.1. The summed E-state index contributed by atoms with van der Waals surface area (Å²) in [5, 5.41) is 10.9. The third kappa shape index (κ3) is 5.84. The van der Waals surface area contributed by atoms with Crippen molar-refractivity contribution >= 4 is 23.1 Å². The molecule has 2 aromatic rings. The van der Waals surface area contributed by atoms with Gasteiger partial charge >= 0.3 is 0 Å². The molecule has 2 N–H and O–H groups in total. The Kier molecular flexibility index (Phi) is 7.08. The molecule has 0 bridgehead atoms. The van der Waals surface area contributed by atoms with Crippen molar-refractivity contribution in [2.45, 2.75) is 6.92 Å². The zero-order valence-electron chi connectivity index (χ0n) is 16.9. The Morgan fingerprint density at radius 3 is 2.27 bits per heavy atom. The molecule has 1 aliphatic heterocycles. The largest absolute Gasteiger partial charge is 0.351 e. The summed E-state index contributed by atoms with van der Waals surface area (Å²) >= 11 is 0. The Balaban J connectivity index is 1.58. The minimum Gasteiger partial charge on any atom is -0.351 e. The van der Waals surface area contributed by atoms with Gasteiger partial charge in [0, 0.05) is 43.1 Å². The number of piperazine rings is 1. The summed E-state index contributed by atoms with van der Waals surface area (Å²) in [5.74, 6) is -0.609. The molecule has 1 amide bonds. The van der Waals surface area contributed by atoms with Gasteiger partial charge in [0.15, 0.2) is 5.78 Å². The van der Waals surface area contributed by atoms with Crippen LogP contribution in [0.15, 0.2) is 66.4 Å². The van der Waals surface area contributed by atoms with E-state index < -0.39 is 0 Å². The number of hydrogen-bond acceptors (Lipinski definition) is 5. The van der Waals surface area contributed by atoms with Crippen molar-refractivity contribution in [3.8, 4) is 0 Å². The van der Waals surface area contributed by atoms with E-state index in [2.05, 4.69) is 5.32 Å². The van der Waals surface area contributed by atoms with Crippen molar-refractivity contribution in [1.29, 1.82) is 5.41 Å². The molecule has 1 fully saturated rings. The molecule has 0 unspecified atom stereocenters. The molecule has 0 aromatic heterocycles. The Morgan fingerprint density at radius 1 is 1.03 bits per heavy atom. The van der Waals surface area contributed by atoms with Crippen molar-refractivity contribution in [1.82, 2.24) is 9.80 Å². The van der Waals surface area contributed by atoms with Gasteiger partial charge in [-0.15, -0.1) is 0 Å². The molecular formula is C23H25FN4O2. The van der Waals surface area contributed by atoms with Gasteiger partial charge in [-0.2, -0.15) is 0 Å². The lowest BCUT2D eigenvalue weighted by atomic mass is 10.1. The molecule has 1 saturated heterocycles. The summed E-state index contributed by atoms with van der Waals surface area (Å²) in [6.45, 7) is 3.97. The average molecular weight is 408 g/mol. The first-order valence-corrected chi connectivity index (χ1v) is 9.81. The smallest absolute Gasteiger partial charge is 0.270 e. The zero-order chi connectivity index (χ0) is 21.5. The van der Waals surface area contributed by atoms with Crippen molar-refractivity contribution in [2.75, 3.05) is 38.0 Å². The van der Waals surface area contributed by atoms with Crippen molar-refractivity contribution in [3.05, 3.63) is 77.8 Å². The van der Waals surface area contributed by atoms with Crippen LogP contribution in [0.1, 0.15) is 17.3 Å². The number of rotatable bonds is 7. The Morgan fingerprint density at radius 2 is 1.67 bits per heavy atom. The van der Waals surface area contributed by atoms with E-state index in [-0.39, 0.29) is 29.8 Å². The number of hydrogen-bond donors (Lipinski definition) is 2. The van der Waals surface area contributed by atoms with Gasteiger partial charge in [-0.25, -0.2) is 4.39 Å². The molecule has 0 spiro atoms. The Labute approximate surface area is 175 Å². The van der Waals surface area contributed by atoms with E-state index in [9.17, 15) is 14.0 Å². The second-order valence-electron chi connectivity index (χ2n) is 7.23. The van der Waals surface area contributed by atoms with Crippen LogP contribution in [0.2, 0.25) is 0 Å². The standard InChI is InChI=1S/C23H25FN4O2/c1-17(25)15-21(26-20-5-3-2-4-6-20)23(30)28-13-11-27(12-14-28)16-22(29)18-7-9-19(24)10-8-18/h2-10,15,25-26H,11-14,16H2,1H3/b21-15-,25-17?. The van der Waals surface area contributed by atoms with Crippen LogP contribution in [0.25, 0.3) is 0 Å². The lowest BCUT2D eigenvalue weighted by Crippen LogP contribution is -2.50. The van der Waals surface area contributed by atoms with Gasteiger partial charge in [0.05, 0.1) is 6.54 Å². The van der Waals surface area contributed by atoms with E-state index in [0.29, 0.717) is 37.4 Å². The van der Waals surface area contributed by atoms with Gasteiger partial charge in [-0.1, -0.05) is 18.2 Å². The third-order valence-electron chi connectivity index (χ3n) is 4.84. The van der Waals surface area contributed by atoms with Crippen LogP contribution in [0.4, 0.5) is 10.1 Å². The predicted molar refractivity (Wildman–Crippen MR) is 115 cm³/mol. The molecule has 30 heavy (non-hydrogen) atoms. The molecule has 3 rings (SSSR count). The highest BCUT2D eigenvalue weighted by Crippen LogP contribution is 2.14. The summed E-state index contributed by atoms with van der Waals surface area (Å²) in [7, 11) is 0. The zero-order valence-corrected chi connectivity index (χ0v) is 16.9. The van der Waals surface area contributed by atoms with Crippen LogP contribution >= 0.6 is 0 Å². The second-order valence-corrected chi connectivity index (χ2v) is 7.23. The van der Waals surface area contributed by atoms with Gasteiger partial charge < -0.3 is 15.6 Å². The quantitative estimate of drug-likeness (QED) is 0.419. The Bertz CT molecular complexity index is 933. The molecule has 0 atom stereocenters. The number of nitrogens with one attached hydrogen (secondary N) is 2. The highest BCUT2D eigenvalue weighted by atomic mass is 19.1. The van der Waals surface area contributed by atoms with Crippen LogP contribution < -0.4 is 5.32 Å². The van der Waals surface area contributed by atoms with Crippen LogP contribution in [0.3, 0.4) is 0 Å². The molecule has 1 heterocycles. The number of amides is 1. The van der Waals surface area contributed by atoms with Gasteiger partial charge in [0.25, 0.3) is 5.91 Å². The molecule has 6 nitrogen and oxygen atoms in total. The number of benzene rings is 2. The second kappa shape index (κ2) is 9.93. The summed E-state index contributed by atoms with van der Waals surface area (Å²) < 4.78 is 13.0. The van der Waals surface area contributed by atoms with E-state index in [0.717, 1.165) is 5.69 Å². The number of allylic oxidation sites excluding steroid dienone is 1. The maximum atomic E-state index is 13.0. The number of anilines is 1. The first-order valence-electron chi connectivity index (χ1n) is 9.81. The molecule has 7 heteroatoms. The van der Waals surface area contributed by atoms with Crippen LogP contribution in [-0.4, -0.2) is 59.9 Å². The van der Waals surface area contributed by atoms with Gasteiger partial charge in [0.2, 0.25) is 0 Å². The van der Waals surface area contributed by atoms with Gasteiger partial charge in [-0.05, 0) is 49.4 Å². The Hall–Kier alpha value is -3.32. The molecule has 0 aliphatic carbocycles. The molecule has 1 aliphatic rings. The number of nitrogens with zero attached hydrogens (tertiary/aromatic N) is 2. The number of Topliss-reactive ketones (excluding diaryl/α,β-unsaturated/α-hetero) is 1. The number of halogens is 1. The summed E-state index contributed by atoms with van der Waals surface area (Å²) in [6.07, 6.45) is 1.53. The topological polar surface area (TPSA) is 76.5 Å². The van der Waals surface area contributed by atoms with Crippen LogP contribution in [0.5, 0.6) is 0 Å². The van der Waals surface area contributed by atoms with Gasteiger partial charge in [-0.3, -0.25) is 14.5 Å².